The summed E-state index contributed by atoms with van der Waals surface area (Å²) < 4.78 is 0. The van der Waals surface area contributed by atoms with E-state index in [4.69, 9.17) is 4.98 Å². The predicted octanol–water partition coefficient (Wildman–Crippen LogP) is 1.70. The van der Waals surface area contributed by atoms with Crippen LogP contribution < -0.4 is 15.5 Å². The summed E-state index contributed by atoms with van der Waals surface area (Å²) in [6.07, 6.45) is 5.01. The summed E-state index contributed by atoms with van der Waals surface area (Å²) >= 11 is 0. The molecule has 2 unspecified atom stereocenters. The molecule has 2 aromatic rings. The summed E-state index contributed by atoms with van der Waals surface area (Å²) in [6, 6.07) is 9.32. The SMILES string of the molecule is C1=NCc2ccc(Nc3ccnc(N4C5CNCC4C5)n3)cc21. The van der Waals surface area contributed by atoms with Crippen molar-refractivity contribution in [3.8, 4) is 0 Å². The molecule has 0 amide bonds. The molecule has 2 atom stereocenters. The summed E-state index contributed by atoms with van der Waals surface area (Å²) in [7, 11) is 0. The number of piperidine rings is 1. The first-order valence-corrected chi connectivity index (χ1v) is 8.09. The minimum Gasteiger partial charge on any atom is -0.340 e. The van der Waals surface area contributed by atoms with Gasteiger partial charge in [0.1, 0.15) is 5.82 Å². The van der Waals surface area contributed by atoms with Crippen LogP contribution >= 0.6 is 0 Å². The maximum atomic E-state index is 4.71. The van der Waals surface area contributed by atoms with Crippen molar-refractivity contribution in [1.82, 2.24) is 15.3 Å². The predicted molar refractivity (Wildman–Crippen MR) is 90.6 cm³/mol. The molecule has 1 aromatic heterocycles. The summed E-state index contributed by atoms with van der Waals surface area (Å²) in [5, 5.41) is 6.82. The first-order chi connectivity index (χ1) is 11.4. The van der Waals surface area contributed by atoms with Gasteiger partial charge in [0.2, 0.25) is 5.95 Å². The van der Waals surface area contributed by atoms with Crippen molar-refractivity contribution in [2.45, 2.75) is 25.0 Å². The number of fused-ring (bicyclic) bond motifs is 3. The van der Waals surface area contributed by atoms with Gasteiger partial charge < -0.3 is 15.5 Å². The van der Waals surface area contributed by atoms with Gasteiger partial charge in [0.25, 0.3) is 0 Å². The van der Waals surface area contributed by atoms with Crippen LogP contribution in [0.5, 0.6) is 0 Å². The van der Waals surface area contributed by atoms with Crippen molar-refractivity contribution in [3.63, 3.8) is 0 Å². The van der Waals surface area contributed by atoms with E-state index < -0.39 is 0 Å². The molecule has 4 heterocycles. The average Bonchev–Trinajstić information content (AvgIpc) is 3.03. The Balaban J connectivity index is 1.39. The standard InChI is InChI=1S/C17H18N6/c1-2-13(5-12-8-18-7-11(1)12)21-16-3-4-20-17(22-16)23-14-6-15(23)10-19-9-14/h1-5,8,14-15,19H,6-7,9-10H2,(H,20,21,22). The van der Waals surface area contributed by atoms with Gasteiger partial charge in [-0.05, 0) is 35.7 Å². The average molecular weight is 306 g/mol. The Kier molecular flexibility index (Phi) is 2.84. The lowest BCUT2D eigenvalue weighted by Crippen LogP contribution is -2.68. The first-order valence-electron chi connectivity index (χ1n) is 8.09. The van der Waals surface area contributed by atoms with E-state index in [0.717, 1.165) is 37.1 Å². The fourth-order valence-corrected chi connectivity index (χ4v) is 3.68. The number of benzene rings is 1. The monoisotopic (exact) mass is 306 g/mol. The van der Waals surface area contributed by atoms with E-state index in [1.165, 1.54) is 17.5 Å². The Bertz CT molecular complexity index is 772. The number of nitrogens with zero attached hydrogens (tertiary/aromatic N) is 4. The second kappa shape index (κ2) is 5.03. The van der Waals surface area contributed by atoms with Gasteiger partial charge in [0.15, 0.2) is 0 Å². The Morgan fingerprint density at radius 2 is 2.09 bits per heavy atom. The zero-order chi connectivity index (χ0) is 15.2. The molecule has 0 radical (unpaired) electrons. The van der Waals surface area contributed by atoms with Crippen molar-refractivity contribution >= 4 is 23.7 Å². The third kappa shape index (κ3) is 2.17. The number of anilines is 3. The maximum absolute atomic E-state index is 4.71. The Morgan fingerprint density at radius 3 is 2.96 bits per heavy atom. The van der Waals surface area contributed by atoms with Crippen LogP contribution in [-0.4, -0.2) is 41.4 Å². The Labute approximate surface area is 134 Å². The van der Waals surface area contributed by atoms with Gasteiger partial charge in [-0.2, -0.15) is 4.98 Å². The zero-order valence-corrected chi connectivity index (χ0v) is 12.7. The van der Waals surface area contributed by atoms with Crippen LogP contribution in [0.3, 0.4) is 0 Å². The number of rotatable bonds is 3. The van der Waals surface area contributed by atoms with Crippen molar-refractivity contribution < 1.29 is 0 Å². The summed E-state index contributed by atoms with van der Waals surface area (Å²) in [5.41, 5.74) is 3.50. The molecule has 0 aliphatic carbocycles. The highest BCUT2D eigenvalue weighted by atomic mass is 15.4. The number of aromatic nitrogens is 2. The summed E-state index contributed by atoms with van der Waals surface area (Å²) in [5.74, 6) is 1.67. The van der Waals surface area contributed by atoms with Crippen LogP contribution in [0.25, 0.3) is 0 Å². The van der Waals surface area contributed by atoms with Crippen molar-refractivity contribution in [3.05, 3.63) is 41.6 Å². The van der Waals surface area contributed by atoms with Crippen LogP contribution in [0.1, 0.15) is 17.5 Å². The van der Waals surface area contributed by atoms with Crippen LogP contribution in [0, 0.1) is 0 Å². The minimum atomic E-state index is 0.542. The van der Waals surface area contributed by atoms with Gasteiger partial charge in [-0.15, -0.1) is 0 Å². The van der Waals surface area contributed by atoms with E-state index in [1.807, 2.05) is 18.5 Å². The largest absolute Gasteiger partial charge is 0.340 e. The quantitative estimate of drug-likeness (QED) is 0.903. The number of piperazine rings is 1. The van der Waals surface area contributed by atoms with Gasteiger partial charge in [-0.1, -0.05) is 6.07 Å². The lowest BCUT2D eigenvalue weighted by Gasteiger charge is -2.53. The third-order valence-electron chi connectivity index (χ3n) is 4.87. The molecule has 2 N–H and O–H groups in total. The van der Waals surface area contributed by atoms with Gasteiger partial charge >= 0.3 is 0 Å². The molecule has 2 fully saturated rings. The zero-order valence-electron chi connectivity index (χ0n) is 12.7. The van der Waals surface area contributed by atoms with Crippen molar-refractivity contribution in [2.24, 2.45) is 4.99 Å². The second-order valence-electron chi connectivity index (χ2n) is 6.36. The number of hydrogen-bond acceptors (Lipinski definition) is 6. The lowest BCUT2D eigenvalue weighted by molar-refractivity contribution is 0.258. The lowest BCUT2D eigenvalue weighted by atomic mass is 9.89. The fourth-order valence-electron chi connectivity index (χ4n) is 3.68. The number of aliphatic imine (C=N–C) groups is 1. The normalized spacial score (nSPS) is 24.3. The fraction of sp³-hybridized carbons (Fsp3) is 0.353. The van der Waals surface area contributed by atoms with Gasteiger partial charge in [-0.25, -0.2) is 4.98 Å². The number of nitrogens with one attached hydrogen (secondary N) is 2. The molecule has 3 aliphatic heterocycles. The maximum Gasteiger partial charge on any atom is 0.227 e. The van der Waals surface area contributed by atoms with Gasteiger partial charge in [0.05, 0.1) is 6.54 Å². The topological polar surface area (TPSA) is 65.4 Å². The van der Waals surface area contributed by atoms with E-state index in [9.17, 15) is 0 Å². The molecule has 3 aliphatic rings. The summed E-state index contributed by atoms with van der Waals surface area (Å²) in [4.78, 5) is 15.8. The van der Waals surface area contributed by atoms with Crippen LogP contribution in [-0.2, 0) is 6.54 Å². The second-order valence-corrected chi connectivity index (χ2v) is 6.36. The minimum absolute atomic E-state index is 0.542. The molecule has 6 heteroatoms. The van der Waals surface area contributed by atoms with Gasteiger partial charge in [-0.3, -0.25) is 4.99 Å². The molecule has 6 nitrogen and oxygen atoms in total. The molecule has 0 spiro atoms. The van der Waals surface area contributed by atoms with Gasteiger partial charge in [0, 0.05) is 43.3 Å². The van der Waals surface area contributed by atoms with E-state index in [2.05, 4.69) is 43.7 Å². The van der Waals surface area contributed by atoms with Crippen LogP contribution in [0.2, 0.25) is 0 Å². The highest BCUT2D eigenvalue weighted by molar-refractivity contribution is 5.86. The van der Waals surface area contributed by atoms with Crippen molar-refractivity contribution in [2.75, 3.05) is 23.3 Å². The molecular formula is C17H18N6. The van der Waals surface area contributed by atoms with E-state index in [-0.39, 0.29) is 0 Å². The molecule has 116 valence electrons. The molecule has 1 aromatic carbocycles. The molecule has 5 rings (SSSR count). The molecule has 2 saturated heterocycles. The smallest absolute Gasteiger partial charge is 0.227 e. The van der Waals surface area contributed by atoms with E-state index in [1.54, 1.807) is 0 Å². The molecule has 23 heavy (non-hydrogen) atoms. The molecule has 0 saturated carbocycles. The highest BCUT2D eigenvalue weighted by Crippen LogP contribution is 2.32. The highest BCUT2D eigenvalue weighted by Gasteiger charge is 2.42. The first kappa shape index (κ1) is 13.0. The van der Waals surface area contributed by atoms with Crippen LogP contribution in [0.15, 0.2) is 35.5 Å². The third-order valence-corrected chi connectivity index (χ3v) is 4.87. The molecule has 2 bridgehead atoms. The number of hydrogen-bond donors (Lipinski definition) is 2. The summed E-state index contributed by atoms with van der Waals surface area (Å²) in [6.45, 7) is 2.85. The molecular weight excluding hydrogens is 288 g/mol. The Morgan fingerprint density at radius 1 is 1.17 bits per heavy atom. The van der Waals surface area contributed by atoms with Crippen molar-refractivity contribution in [1.29, 1.82) is 0 Å². The van der Waals surface area contributed by atoms with Crippen LogP contribution in [0.4, 0.5) is 17.5 Å². The van der Waals surface area contributed by atoms with E-state index >= 15 is 0 Å². The van der Waals surface area contributed by atoms with E-state index in [0.29, 0.717) is 12.1 Å². The Hall–Kier alpha value is -2.47.